The van der Waals surface area contributed by atoms with Gasteiger partial charge in [0.2, 0.25) is 0 Å². The lowest BCUT2D eigenvalue weighted by molar-refractivity contribution is -0.138. The quantitative estimate of drug-likeness (QED) is 0.744. The third-order valence-electron chi connectivity index (χ3n) is 3.79. The number of likely N-dealkylation sites (tertiary alicyclic amines) is 1. The Labute approximate surface area is 124 Å². The smallest absolute Gasteiger partial charge is 0.338 e. The van der Waals surface area contributed by atoms with Crippen molar-refractivity contribution < 1.29 is 18.0 Å². The van der Waals surface area contributed by atoms with E-state index in [1.807, 2.05) is 13.8 Å². The molecule has 0 aromatic heterocycles. The van der Waals surface area contributed by atoms with Crippen molar-refractivity contribution in [1.82, 2.24) is 4.90 Å². The second kappa shape index (κ2) is 5.39. The van der Waals surface area contributed by atoms with Gasteiger partial charge in [-0.25, -0.2) is 0 Å². The predicted octanol–water partition coefficient (Wildman–Crippen LogP) is 4.20. The van der Waals surface area contributed by atoms with Gasteiger partial charge >= 0.3 is 6.18 Å². The van der Waals surface area contributed by atoms with Crippen molar-refractivity contribution in [3.8, 4) is 0 Å². The number of alkyl halides is 3. The van der Waals surface area contributed by atoms with Crippen LogP contribution in [0.15, 0.2) is 22.7 Å². The molecule has 1 aliphatic rings. The van der Waals surface area contributed by atoms with Crippen LogP contribution in [-0.4, -0.2) is 23.9 Å². The molecule has 2 rings (SSSR count). The molecular formula is C14H15BrF3NO. The summed E-state index contributed by atoms with van der Waals surface area (Å²) in [6.07, 6.45) is -4.54. The number of hydrogen-bond acceptors (Lipinski definition) is 1. The van der Waals surface area contributed by atoms with Crippen LogP contribution in [0.5, 0.6) is 0 Å². The molecule has 2 nitrogen and oxygen atoms in total. The second-order valence-corrected chi connectivity index (χ2v) is 6.27. The van der Waals surface area contributed by atoms with Crippen molar-refractivity contribution in [3.05, 3.63) is 33.8 Å². The van der Waals surface area contributed by atoms with Crippen molar-refractivity contribution in [2.75, 3.05) is 13.1 Å². The zero-order chi connectivity index (χ0) is 15.1. The number of benzene rings is 1. The van der Waals surface area contributed by atoms with Crippen LogP contribution in [0.25, 0.3) is 0 Å². The lowest BCUT2D eigenvalue weighted by atomic mass is 10.0. The number of halogens is 4. The van der Waals surface area contributed by atoms with E-state index in [1.165, 1.54) is 17.0 Å². The first-order valence-corrected chi connectivity index (χ1v) is 7.15. The van der Waals surface area contributed by atoms with E-state index in [0.29, 0.717) is 29.4 Å². The molecule has 20 heavy (non-hydrogen) atoms. The molecule has 0 radical (unpaired) electrons. The van der Waals surface area contributed by atoms with Crippen molar-refractivity contribution in [2.24, 2.45) is 11.8 Å². The second-order valence-electron chi connectivity index (χ2n) is 5.35. The van der Waals surface area contributed by atoms with Gasteiger partial charge in [-0.3, -0.25) is 4.79 Å². The molecule has 0 spiro atoms. The number of carbonyl (C=O) groups excluding carboxylic acids is 1. The standard InChI is InChI=1S/C14H15BrF3NO/c1-8-6-19(7-9(8)2)13(20)11-4-3-10(15)5-12(11)14(16,17)18/h3-5,8-9H,6-7H2,1-2H3. The van der Waals surface area contributed by atoms with E-state index in [0.717, 1.165) is 6.07 Å². The summed E-state index contributed by atoms with van der Waals surface area (Å²) in [5, 5.41) is 0. The molecule has 0 aliphatic carbocycles. The molecular weight excluding hydrogens is 335 g/mol. The van der Waals surface area contributed by atoms with E-state index in [1.54, 1.807) is 0 Å². The summed E-state index contributed by atoms with van der Waals surface area (Å²) < 4.78 is 39.4. The summed E-state index contributed by atoms with van der Waals surface area (Å²) in [6, 6.07) is 3.66. The molecule has 2 unspecified atom stereocenters. The summed E-state index contributed by atoms with van der Waals surface area (Å²) in [5.74, 6) is 0.0773. The molecule has 1 fully saturated rings. The number of amides is 1. The van der Waals surface area contributed by atoms with Gasteiger partial charge < -0.3 is 4.90 Å². The summed E-state index contributed by atoms with van der Waals surface area (Å²) >= 11 is 3.02. The van der Waals surface area contributed by atoms with E-state index < -0.39 is 17.6 Å². The van der Waals surface area contributed by atoms with Gasteiger partial charge in [-0.15, -0.1) is 0 Å². The monoisotopic (exact) mass is 349 g/mol. The van der Waals surface area contributed by atoms with Crippen LogP contribution in [0, 0.1) is 11.8 Å². The number of nitrogens with zero attached hydrogens (tertiary/aromatic N) is 1. The van der Waals surface area contributed by atoms with Crippen LogP contribution in [0.2, 0.25) is 0 Å². The van der Waals surface area contributed by atoms with Crippen LogP contribution >= 0.6 is 15.9 Å². The van der Waals surface area contributed by atoms with Crippen LogP contribution in [-0.2, 0) is 6.18 Å². The summed E-state index contributed by atoms with van der Waals surface area (Å²) in [5.41, 5.74) is -1.16. The van der Waals surface area contributed by atoms with Crippen LogP contribution in [0.3, 0.4) is 0 Å². The Balaban J connectivity index is 2.36. The van der Waals surface area contributed by atoms with Crippen molar-refractivity contribution >= 4 is 21.8 Å². The topological polar surface area (TPSA) is 20.3 Å². The molecule has 1 amide bonds. The molecule has 0 bridgehead atoms. The van der Waals surface area contributed by atoms with Crippen LogP contribution < -0.4 is 0 Å². The maximum Gasteiger partial charge on any atom is 0.417 e. The Morgan fingerprint density at radius 1 is 1.25 bits per heavy atom. The lowest BCUT2D eigenvalue weighted by Gasteiger charge is -2.19. The highest BCUT2D eigenvalue weighted by atomic mass is 79.9. The number of hydrogen-bond donors (Lipinski definition) is 0. The molecule has 0 N–H and O–H groups in total. The zero-order valence-corrected chi connectivity index (χ0v) is 12.8. The molecule has 1 saturated heterocycles. The first-order chi connectivity index (χ1) is 9.20. The van der Waals surface area contributed by atoms with Crippen LogP contribution in [0.1, 0.15) is 29.8 Å². The van der Waals surface area contributed by atoms with Gasteiger partial charge in [0.25, 0.3) is 5.91 Å². The summed E-state index contributed by atoms with van der Waals surface area (Å²) in [6.45, 7) is 5.02. The molecule has 1 aromatic rings. The van der Waals surface area contributed by atoms with Gasteiger partial charge in [0.05, 0.1) is 11.1 Å². The average Bonchev–Trinajstić information content (AvgIpc) is 2.67. The van der Waals surface area contributed by atoms with Gasteiger partial charge in [0.15, 0.2) is 0 Å². The largest absolute Gasteiger partial charge is 0.417 e. The Kier molecular flexibility index (Phi) is 4.14. The predicted molar refractivity (Wildman–Crippen MR) is 73.4 cm³/mol. The van der Waals surface area contributed by atoms with Gasteiger partial charge in [-0.1, -0.05) is 29.8 Å². The van der Waals surface area contributed by atoms with E-state index in [4.69, 9.17) is 0 Å². The SMILES string of the molecule is CC1CN(C(=O)c2ccc(Br)cc2C(F)(F)F)CC1C. The van der Waals surface area contributed by atoms with E-state index in [-0.39, 0.29) is 5.56 Å². The Bertz CT molecular complexity index is 520. The Morgan fingerprint density at radius 3 is 2.30 bits per heavy atom. The first-order valence-electron chi connectivity index (χ1n) is 6.36. The molecule has 110 valence electrons. The fourth-order valence-corrected chi connectivity index (χ4v) is 2.76. The lowest BCUT2D eigenvalue weighted by Crippen LogP contribution is -2.30. The molecule has 1 aliphatic heterocycles. The van der Waals surface area contributed by atoms with E-state index in [9.17, 15) is 18.0 Å². The molecule has 6 heteroatoms. The Morgan fingerprint density at radius 2 is 1.80 bits per heavy atom. The third-order valence-corrected chi connectivity index (χ3v) is 4.29. The summed E-state index contributed by atoms with van der Waals surface area (Å²) in [7, 11) is 0. The highest BCUT2D eigenvalue weighted by Gasteiger charge is 2.38. The zero-order valence-electron chi connectivity index (χ0n) is 11.2. The highest BCUT2D eigenvalue weighted by molar-refractivity contribution is 9.10. The summed E-state index contributed by atoms with van der Waals surface area (Å²) in [4.78, 5) is 13.8. The normalized spacial score (nSPS) is 23.2. The first kappa shape index (κ1) is 15.4. The van der Waals surface area contributed by atoms with Gasteiger partial charge in [-0.2, -0.15) is 13.2 Å². The van der Waals surface area contributed by atoms with Gasteiger partial charge in [0, 0.05) is 17.6 Å². The van der Waals surface area contributed by atoms with Crippen LogP contribution in [0.4, 0.5) is 13.2 Å². The molecule has 1 aromatic carbocycles. The average molecular weight is 350 g/mol. The molecule has 0 saturated carbocycles. The van der Waals surface area contributed by atoms with E-state index >= 15 is 0 Å². The molecule has 2 atom stereocenters. The Hall–Kier alpha value is -1.04. The fourth-order valence-electron chi connectivity index (χ4n) is 2.40. The maximum atomic E-state index is 13.0. The molecule has 1 heterocycles. The maximum absolute atomic E-state index is 13.0. The minimum Gasteiger partial charge on any atom is -0.338 e. The van der Waals surface area contributed by atoms with E-state index in [2.05, 4.69) is 15.9 Å². The number of carbonyl (C=O) groups is 1. The minimum atomic E-state index is -4.54. The number of rotatable bonds is 1. The fraction of sp³-hybridized carbons (Fsp3) is 0.500. The van der Waals surface area contributed by atoms with Crippen molar-refractivity contribution in [2.45, 2.75) is 20.0 Å². The van der Waals surface area contributed by atoms with Gasteiger partial charge in [-0.05, 0) is 30.0 Å². The highest BCUT2D eigenvalue weighted by Crippen LogP contribution is 2.35. The minimum absolute atomic E-state index is 0.276. The van der Waals surface area contributed by atoms with Gasteiger partial charge in [0.1, 0.15) is 0 Å². The van der Waals surface area contributed by atoms with Crippen molar-refractivity contribution in [3.63, 3.8) is 0 Å². The van der Waals surface area contributed by atoms with Crippen molar-refractivity contribution in [1.29, 1.82) is 0 Å². The third kappa shape index (κ3) is 3.00.